The van der Waals surface area contributed by atoms with Crippen LogP contribution < -0.4 is 5.73 Å². The number of carbonyl (C=O) groups excluding carboxylic acids is 1. The Kier molecular flexibility index (Phi) is 4.03. The number of amides is 1. The maximum atomic E-state index is 13.7. The van der Waals surface area contributed by atoms with Crippen molar-refractivity contribution in [1.82, 2.24) is 4.90 Å². The van der Waals surface area contributed by atoms with Gasteiger partial charge in [-0.1, -0.05) is 29.8 Å². The Morgan fingerprint density at radius 2 is 2.00 bits per heavy atom. The number of nitrogen functional groups attached to an aromatic ring is 1. The van der Waals surface area contributed by atoms with Gasteiger partial charge >= 0.3 is 0 Å². The second-order valence-electron chi connectivity index (χ2n) is 4.89. The molecule has 2 N–H and O–H groups in total. The maximum Gasteiger partial charge on any atom is 0.256 e. The molecule has 0 fully saturated rings. The summed E-state index contributed by atoms with van der Waals surface area (Å²) < 4.78 is 13.7. The summed E-state index contributed by atoms with van der Waals surface area (Å²) in [6.07, 6.45) is 0. The van der Waals surface area contributed by atoms with Gasteiger partial charge in [-0.15, -0.1) is 0 Å². The van der Waals surface area contributed by atoms with Crippen LogP contribution in [0.4, 0.5) is 10.1 Å². The molecule has 1 amide bonds. The molecule has 0 spiro atoms. The number of aryl methyl sites for hydroxylation is 1. The van der Waals surface area contributed by atoms with Crippen LogP contribution >= 0.6 is 0 Å². The monoisotopic (exact) mass is 272 g/mol. The molecule has 2 aromatic rings. The predicted octanol–water partition coefficient (Wildman–Crippen LogP) is 2.99. The van der Waals surface area contributed by atoms with Gasteiger partial charge in [-0.3, -0.25) is 4.79 Å². The first kappa shape index (κ1) is 14.1. The molecule has 2 rings (SSSR count). The highest BCUT2D eigenvalue weighted by atomic mass is 19.1. The summed E-state index contributed by atoms with van der Waals surface area (Å²) in [6.45, 7) is 2.41. The molecule has 0 saturated carbocycles. The van der Waals surface area contributed by atoms with Crippen molar-refractivity contribution >= 4 is 11.6 Å². The minimum Gasteiger partial charge on any atom is -0.399 e. The van der Waals surface area contributed by atoms with Crippen molar-refractivity contribution in [3.8, 4) is 0 Å². The van der Waals surface area contributed by atoms with E-state index < -0.39 is 5.82 Å². The van der Waals surface area contributed by atoms with Gasteiger partial charge in [-0.25, -0.2) is 4.39 Å². The molecule has 0 aromatic heterocycles. The predicted molar refractivity (Wildman–Crippen MR) is 77.8 cm³/mol. The Bertz CT molecular complexity index is 640. The molecule has 0 radical (unpaired) electrons. The third-order valence-electron chi connectivity index (χ3n) is 3.07. The number of benzene rings is 2. The van der Waals surface area contributed by atoms with E-state index in [1.54, 1.807) is 7.05 Å². The van der Waals surface area contributed by atoms with Crippen LogP contribution in [0.5, 0.6) is 0 Å². The third-order valence-corrected chi connectivity index (χ3v) is 3.07. The van der Waals surface area contributed by atoms with Crippen molar-refractivity contribution in [2.45, 2.75) is 13.5 Å². The standard InChI is InChI=1S/C16H17FN2O/c1-11-4-3-5-12(8-11)10-19(2)16(20)14-9-13(18)6-7-15(14)17/h3-9H,10,18H2,1-2H3. The highest BCUT2D eigenvalue weighted by molar-refractivity contribution is 5.95. The third kappa shape index (κ3) is 3.15. The zero-order valence-electron chi connectivity index (χ0n) is 11.6. The first-order chi connectivity index (χ1) is 9.47. The average molecular weight is 272 g/mol. The lowest BCUT2D eigenvalue weighted by atomic mass is 10.1. The summed E-state index contributed by atoms with van der Waals surface area (Å²) in [7, 11) is 1.65. The average Bonchev–Trinajstić information content (AvgIpc) is 2.40. The molecule has 0 saturated heterocycles. The van der Waals surface area contributed by atoms with Gasteiger partial charge in [0.25, 0.3) is 5.91 Å². The molecule has 0 unspecified atom stereocenters. The number of rotatable bonds is 3. The van der Waals surface area contributed by atoms with Crippen LogP contribution in [0.1, 0.15) is 21.5 Å². The number of hydrogen-bond acceptors (Lipinski definition) is 2. The fourth-order valence-electron chi connectivity index (χ4n) is 2.07. The summed E-state index contributed by atoms with van der Waals surface area (Å²) in [4.78, 5) is 13.7. The fraction of sp³-hybridized carbons (Fsp3) is 0.188. The summed E-state index contributed by atoms with van der Waals surface area (Å²) in [5.41, 5.74) is 8.10. The molecular weight excluding hydrogens is 255 g/mol. The summed E-state index contributed by atoms with van der Waals surface area (Å²) >= 11 is 0. The number of nitrogens with two attached hydrogens (primary N) is 1. The van der Waals surface area contributed by atoms with Crippen molar-refractivity contribution in [1.29, 1.82) is 0 Å². The topological polar surface area (TPSA) is 46.3 Å². The highest BCUT2D eigenvalue weighted by Crippen LogP contribution is 2.15. The van der Waals surface area contributed by atoms with Gasteiger partial charge in [-0.2, -0.15) is 0 Å². The van der Waals surface area contributed by atoms with Crippen LogP contribution in [-0.2, 0) is 6.54 Å². The largest absolute Gasteiger partial charge is 0.399 e. The lowest BCUT2D eigenvalue weighted by molar-refractivity contribution is 0.0780. The molecule has 2 aromatic carbocycles. The van der Waals surface area contributed by atoms with Gasteiger partial charge in [0.2, 0.25) is 0 Å². The molecule has 104 valence electrons. The SMILES string of the molecule is Cc1cccc(CN(C)C(=O)c2cc(N)ccc2F)c1. The molecule has 0 atom stereocenters. The summed E-state index contributed by atoms with van der Waals surface area (Å²) in [5.74, 6) is -0.934. The van der Waals surface area contributed by atoms with Gasteiger partial charge in [0, 0.05) is 19.3 Å². The van der Waals surface area contributed by atoms with E-state index in [0.717, 1.165) is 11.1 Å². The van der Waals surface area contributed by atoms with Crippen LogP contribution in [0.25, 0.3) is 0 Å². The van der Waals surface area contributed by atoms with Gasteiger partial charge < -0.3 is 10.6 Å². The molecular formula is C16H17FN2O. The van der Waals surface area contributed by atoms with E-state index in [4.69, 9.17) is 5.73 Å². The lowest BCUT2D eigenvalue weighted by Gasteiger charge is -2.18. The van der Waals surface area contributed by atoms with E-state index in [2.05, 4.69) is 0 Å². The minimum absolute atomic E-state index is 0.000142. The molecule has 4 heteroatoms. The van der Waals surface area contributed by atoms with E-state index in [1.165, 1.54) is 23.1 Å². The Balaban J connectivity index is 2.18. The molecule has 3 nitrogen and oxygen atoms in total. The first-order valence-corrected chi connectivity index (χ1v) is 6.33. The zero-order valence-corrected chi connectivity index (χ0v) is 11.6. The van der Waals surface area contributed by atoms with Crippen LogP contribution in [-0.4, -0.2) is 17.9 Å². The number of anilines is 1. The van der Waals surface area contributed by atoms with Crippen molar-refractivity contribution in [2.75, 3.05) is 12.8 Å². The number of hydrogen-bond donors (Lipinski definition) is 1. The lowest BCUT2D eigenvalue weighted by Crippen LogP contribution is -2.27. The maximum absolute atomic E-state index is 13.7. The second-order valence-corrected chi connectivity index (χ2v) is 4.89. The van der Waals surface area contributed by atoms with Crippen LogP contribution in [0, 0.1) is 12.7 Å². The Hall–Kier alpha value is -2.36. The van der Waals surface area contributed by atoms with Crippen LogP contribution in [0.3, 0.4) is 0 Å². The second kappa shape index (κ2) is 5.74. The molecule has 0 heterocycles. The Morgan fingerprint density at radius 1 is 1.25 bits per heavy atom. The molecule has 20 heavy (non-hydrogen) atoms. The van der Waals surface area contributed by atoms with E-state index in [1.807, 2.05) is 31.2 Å². The van der Waals surface area contributed by atoms with Crippen molar-refractivity contribution < 1.29 is 9.18 Å². The first-order valence-electron chi connectivity index (χ1n) is 6.33. The normalized spacial score (nSPS) is 10.3. The van der Waals surface area contributed by atoms with Crippen LogP contribution in [0.15, 0.2) is 42.5 Å². The minimum atomic E-state index is -0.555. The van der Waals surface area contributed by atoms with E-state index in [-0.39, 0.29) is 11.5 Å². The Morgan fingerprint density at radius 3 is 2.70 bits per heavy atom. The number of halogens is 1. The molecule has 0 aliphatic heterocycles. The van der Waals surface area contributed by atoms with Crippen molar-refractivity contribution in [2.24, 2.45) is 0 Å². The smallest absolute Gasteiger partial charge is 0.256 e. The van der Waals surface area contributed by atoms with E-state index in [0.29, 0.717) is 12.2 Å². The summed E-state index contributed by atoms with van der Waals surface area (Å²) in [5, 5.41) is 0. The molecule has 0 bridgehead atoms. The van der Waals surface area contributed by atoms with Crippen LogP contribution in [0.2, 0.25) is 0 Å². The van der Waals surface area contributed by atoms with E-state index in [9.17, 15) is 9.18 Å². The Labute approximate surface area is 117 Å². The van der Waals surface area contributed by atoms with Gasteiger partial charge in [0.15, 0.2) is 0 Å². The summed E-state index contributed by atoms with van der Waals surface area (Å²) in [6, 6.07) is 11.9. The molecule has 0 aliphatic carbocycles. The van der Waals surface area contributed by atoms with Gasteiger partial charge in [0.05, 0.1) is 5.56 Å². The zero-order chi connectivity index (χ0) is 14.7. The quantitative estimate of drug-likeness (QED) is 0.873. The fourth-order valence-corrected chi connectivity index (χ4v) is 2.07. The van der Waals surface area contributed by atoms with Crippen molar-refractivity contribution in [3.63, 3.8) is 0 Å². The van der Waals surface area contributed by atoms with Crippen molar-refractivity contribution in [3.05, 3.63) is 65.0 Å². The molecule has 0 aliphatic rings. The van der Waals surface area contributed by atoms with Gasteiger partial charge in [0.1, 0.15) is 5.82 Å². The highest BCUT2D eigenvalue weighted by Gasteiger charge is 2.16. The van der Waals surface area contributed by atoms with Gasteiger partial charge in [-0.05, 0) is 30.7 Å². The number of nitrogens with zero attached hydrogens (tertiary/aromatic N) is 1. The van der Waals surface area contributed by atoms with E-state index >= 15 is 0 Å². The number of carbonyl (C=O) groups is 1.